The SMILES string of the molecule is CC(=O)N1CCOC(CNc2ccc(S(=O)(=O)CC(=O)c3ccc(N4CCN(CC5=C(c6ccc(C(F)(F)F)cc6Cl)CC(C)(C)CC5)CC4)cc3Oc3cnc4[nH]ccc4c3)cc2[N+](=O)[O-])C1. The van der Waals surface area contributed by atoms with E-state index in [-0.39, 0.29) is 39.9 Å². The third-order valence-electron chi connectivity index (χ3n) is 12.8. The lowest BCUT2D eigenvalue weighted by molar-refractivity contribution is -0.384. The van der Waals surface area contributed by atoms with Crippen LogP contribution in [-0.4, -0.2) is 116 Å². The molecule has 5 aromatic rings. The largest absolute Gasteiger partial charge is 0.455 e. The van der Waals surface area contributed by atoms with Crippen LogP contribution in [0.1, 0.15) is 61.5 Å². The maximum absolute atomic E-state index is 14.1. The predicted octanol–water partition coefficient (Wildman–Crippen LogP) is 9.04. The number of anilines is 2. The minimum atomic E-state index is -4.50. The molecule has 20 heteroatoms. The highest BCUT2D eigenvalue weighted by Crippen LogP contribution is 2.46. The number of ether oxygens (including phenoxy) is 2. The Kier molecular flexibility index (Phi) is 13.9. The van der Waals surface area contributed by atoms with Crippen molar-refractivity contribution in [1.82, 2.24) is 19.8 Å². The van der Waals surface area contributed by atoms with E-state index in [4.69, 9.17) is 21.1 Å². The Balaban J connectivity index is 0.997. The first-order valence-electron chi connectivity index (χ1n) is 22.2. The number of carbonyl (C=O) groups excluding carboxylic acids is 2. The number of alkyl halides is 3. The molecule has 3 aliphatic rings. The molecule has 3 aromatic carbocycles. The number of nitrogens with one attached hydrogen (secondary N) is 2. The van der Waals surface area contributed by atoms with Gasteiger partial charge in [-0.15, -0.1) is 0 Å². The number of halogens is 4. The molecular weight excluding hydrogens is 927 g/mol. The number of piperazine rings is 1. The fourth-order valence-electron chi connectivity index (χ4n) is 8.98. The Hall–Kier alpha value is -6.02. The minimum absolute atomic E-state index is 0.0217. The summed E-state index contributed by atoms with van der Waals surface area (Å²) in [5.74, 6) is -1.53. The molecule has 2 N–H and O–H groups in total. The van der Waals surface area contributed by atoms with Crippen LogP contribution in [0.5, 0.6) is 11.5 Å². The van der Waals surface area contributed by atoms with E-state index in [2.05, 4.69) is 38.9 Å². The van der Waals surface area contributed by atoms with Crippen molar-refractivity contribution in [2.45, 2.75) is 57.2 Å². The molecule has 68 heavy (non-hydrogen) atoms. The van der Waals surface area contributed by atoms with Crippen LogP contribution in [-0.2, 0) is 25.5 Å². The van der Waals surface area contributed by atoms with E-state index in [1.165, 1.54) is 37.4 Å². The highest BCUT2D eigenvalue weighted by Gasteiger charge is 2.34. The number of hydrogen-bond donors (Lipinski definition) is 2. The second-order valence-electron chi connectivity index (χ2n) is 18.2. The van der Waals surface area contributed by atoms with Gasteiger partial charge in [0.25, 0.3) is 5.69 Å². The summed E-state index contributed by atoms with van der Waals surface area (Å²) in [6.45, 7) is 10.0. The number of carbonyl (C=O) groups is 2. The van der Waals surface area contributed by atoms with E-state index in [0.717, 1.165) is 53.3 Å². The highest BCUT2D eigenvalue weighted by molar-refractivity contribution is 7.92. The fraction of sp³-hybridized carbons (Fsp3) is 0.396. The maximum atomic E-state index is 14.1. The number of rotatable bonds is 14. The molecule has 1 atom stereocenters. The number of aromatic amines is 1. The number of nitro benzene ring substituents is 1. The lowest BCUT2D eigenvalue weighted by Crippen LogP contribution is -2.47. The second kappa shape index (κ2) is 19.5. The second-order valence-corrected chi connectivity index (χ2v) is 20.6. The standard InChI is InChI=1S/C48H51ClF3N7O8S/c1-30(60)58-18-19-66-36(28-58)26-54-42-9-6-37(23-43(42)59(62)63)68(64,65)29-44(61)39-8-5-34(22-45(39)67-35-20-31-11-13-53-46(31)55-25-35)57-16-14-56(15-17-57)27-32-10-12-47(2,3)24-40(32)38-7-4-33(21-41(38)49)48(50,51)52/h4-9,11,13,20-23,25,36,54H,10,12,14-19,24,26-29H2,1-3H3,(H,53,55). The van der Waals surface area contributed by atoms with Gasteiger partial charge in [-0.05, 0) is 84.3 Å². The predicted molar refractivity (Wildman–Crippen MR) is 252 cm³/mol. The number of fused-ring (bicyclic) bond motifs is 1. The van der Waals surface area contributed by atoms with Crippen LogP contribution in [0.3, 0.4) is 0 Å². The number of pyridine rings is 1. The van der Waals surface area contributed by atoms with Crippen LogP contribution in [0.2, 0.25) is 5.02 Å². The average molecular weight is 978 g/mol. The van der Waals surface area contributed by atoms with Crippen molar-refractivity contribution in [3.63, 3.8) is 0 Å². The monoisotopic (exact) mass is 977 g/mol. The third-order valence-corrected chi connectivity index (χ3v) is 14.7. The van der Waals surface area contributed by atoms with Crippen molar-refractivity contribution in [3.05, 3.63) is 117 Å². The van der Waals surface area contributed by atoms with Gasteiger partial charge in [0.1, 0.15) is 28.6 Å². The van der Waals surface area contributed by atoms with Crippen molar-refractivity contribution in [1.29, 1.82) is 0 Å². The fourth-order valence-corrected chi connectivity index (χ4v) is 10.5. The molecule has 1 aliphatic carbocycles. The molecule has 2 aliphatic heterocycles. The van der Waals surface area contributed by atoms with Gasteiger partial charge in [-0.25, -0.2) is 13.4 Å². The van der Waals surface area contributed by atoms with E-state index in [1.54, 1.807) is 35.4 Å². The number of sulfone groups is 1. The number of amides is 1. The summed E-state index contributed by atoms with van der Waals surface area (Å²) in [4.78, 5) is 50.4. The van der Waals surface area contributed by atoms with Gasteiger partial charge in [0.15, 0.2) is 15.6 Å². The molecule has 0 spiro atoms. The van der Waals surface area contributed by atoms with Gasteiger partial charge in [0.05, 0.1) is 39.9 Å². The Morgan fingerprint density at radius 2 is 1.82 bits per heavy atom. The van der Waals surface area contributed by atoms with Crippen LogP contribution in [0.25, 0.3) is 16.6 Å². The molecular formula is C48H51ClF3N7O8S. The Morgan fingerprint density at radius 1 is 1.04 bits per heavy atom. The van der Waals surface area contributed by atoms with Crippen LogP contribution < -0.4 is 15.0 Å². The number of allylic oxidation sites excluding steroid dienone is 1. The van der Waals surface area contributed by atoms with Gasteiger partial charge in [0, 0.05) is 93.7 Å². The van der Waals surface area contributed by atoms with Gasteiger partial charge in [0.2, 0.25) is 5.91 Å². The highest BCUT2D eigenvalue weighted by atomic mass is 35.5. The molecule has 0 radical (unpaired) electrons. The smallest absolute Gasteiger partial charge is 0.416 e. The Morgan fingerprint density at radius 3 is 2.54 bits per heavy atom. The number of nitro groups is 1. The summed E-state index contributed by atoms with van der Waals surface area (Å²) in [5, 5.41) is 15.9. The van der Waals surface area contributed by atoms with Gasteiger partial charge < -0.3 is 29.6 Å². The molecule has 360 valence electrons. The summed E-state index contributed by atoms with van der Waals surface area (Å²) in [6, 6.07) is 15.4. The maximum Gasteiger partial charge on any atom is 0.416 e. The first kappa shape index (κ1) is 48.4. The normalized spacial score (nSPS) is 18.2. The minimum Gasteiger partial charge on any atom is -0.455 e. The molecule has 2 fully saturated rings. The van der Waals surface area contributed by atoms with E-state index in [9.17, 15) is 41.3 Å². The molecule has 4 heterocycles. The number of hydrogen-bond acceptors (Lipinski definition) is 12. The van der Waals surface area contributed by atoms with Crippen molar-refractivity contribution in [2.24, 2.45) is 5.41 Å². The molecule has 2 aromatic heterocycles. The zero-order chi connectivity index (χ0) is 48.5. The summed E-state index contributed by atoms with van der Waals surface area (Å²) in [6.07, 6.45) is 0.648. The van der Waals surface area contributed by atoms with Crippen molar-refractivity contribution in [3.8, 4) is 11.5 Å². The van der Waals surface area contributed by atoms with Crippen LogP contribution in [0.15, 0.2) is 89.6 Å². The van der Waals surface area contributed by atoms with E-state index >= 15 is 0 Å². The zero-order valence-corrected chi connectivity index (χ0v) is 39.3. The Bertz CT molecular complexity index is 2900. The lowest BCUT2D eigenvalue weighted by Gasteiger charge is -2.39. The summed E-state index contributed by atoms with van der Waals surface area (Å²) < 4.78 is 80.2. The summed E-state index contributed by atoms with van der Waals surface area (Å²) >= 11 is 6.54. The van der Waals surface area contributed by atoms with Crippen molar-refractivity contribution >= 4 is 66.8 Å². The first-order chi connectivity index (χ1) is 32.2. The van der Waals surface area contributed by atoms with Gasteiger partial charge in [-0.1, -0.05) is 37.1 Å². The molecule has 0 bridgehead atoms. The van der Waals surface area contributed by atoms with Crippen LogP contribution in [0, 0.1) is 15.5 Å². The van der Waals surface area contributed by atoms with Gasteiger partial charge >= 0.3 is 6.18 Å². The van der Waals surface area contributed by atoms with E-state index < -0.39 is 54.7 Å². The molecule has 2 saturated heterocycles. The lowest BCUT2D eigenvalue weighted by atomic mass is 9.72. The van der Waals surface area contributed by atoms with Crippen molar-refractivity contribution < 1.29 is 45.6 Å². The van der Waals surface area contributed by atoms with E-state index in [0.29, 0.717) is 75.8 Å². The number of benzene rings is 3. The third kappa shape index (κ3) is 11.1. The van der Waals surface area contributed by atoms with Gasteiger partial charge in [-0.3, -0.25) is 24.6 Å². The van der Waals surface area contributed by atoms with E-state index in [1.807, 2.05) is 0 Å². The van der Waals surface area contributed by atoms with Crippen molar-refractivity contribution in [2.75, 3.05) is 74.9 Å². The molecule has 8 rings (SSSR count). The molecule has 0 saturated carbocycles. The average Bonchev–Trinajstić information content (AvgIpc) is 3.77. The molecule has 1 amide bonds. The number of Topliss-reactive ketones (excluding diaryl/α,β-unsaturated/α-hetero) is 1. The van der Waals surface area contributed by atoms with Crippen LogP contribution in [0.4, 0.5) is 30.2 Å². The van der Waals surface area contributed by atoms with Crippen LogP contribution >= 0.6 is 11.6 Å². The topological polar surface area (TPSA) is 180 Å². The summed E-state index contributed by atoms with van der Waals surface area (Å²) in [7, 11) is -4.43. The Labute approximate surface area is 396 Å². The van der Waals surface area contributed by atoms with Gasteiger partial charge in [-0.2, -0.15) is 13.2 Å². The quantitative estimate of drug-likeness (QED) is 0.0614. The first-order valence-corrected chi connectivity index (χ1v) is 24.2. The number of nitrogens with zero attached hydrogens (tertiary/aromatic N) is 5. The number of aromatic nitrogens is 2. The number of morpholine rings is 1. The molecule has 15 nitrogen and oxygen atoms in total. The number of H-pyrrole nitrogens is 1. The zero-order valence-electron chi connectivity index (χ0n) is 37.7. The summed E-state index contributed by atoms with van der Waals surface area (Å²) in [5.41, 5.74) is 2.77. The molecule has 1 unspecified atom stereocenters. The number of ketones is 1.